The minimum absolute atomic E-state index is 0.0778. The fourth-order valence-corrected chi connectivity index (χ4v) is 8.00. The van der Waals surface area contributed by atoms with Crippen LogP contribution < -0.4 is 5.32 Å². The van der Waals surface area contributed by atoms with E-state index in [-0.39, 0.29) is 18.9 Å². The molecule has 0 radical (unpaired) electrons. The van der Waals surface area contributed by atoms with E-state index in [4.69, 9.17) is 9.05 Å². The smallest absolute Gasteiger partial charge is 0.320 e. The summed E-state index contributed by atoms with van der Waals surface area (Å²) in [6.45, 7) is 3.48. The molecule has 1 aromatic heterocycles. The highest BCUT2D eigenvalue weighted by molar-refractivity contribution is 7.47. The fraction of sp³-hybridized carbons (Fsp3) is 0.455. The van der Waals surface area contributed by atoms with Crippen molar-refractivity contribution in [3.8, 4) is 0 Å². The number of carbonyl (C=O) groups is 1. The number of halogens is 3. The van der Waals surface area contributed by atoms with Gasteiger partial charge in [-0.3, -0.25) is 18.8 Å². The van der Waals surface area contributed by atoms with Crippen molar-refractivity contribution < 1.29 is 36.5 Å². The van der Waals surface area contributed by atoms with Crippen LogP contribution in [0.1, 0.15) is 78.2 Å². The predicted octanol–water partition coefficient (Wildman–Crippen LogP) is 8.10. The third-order valence-electron chi connectivity index (χ3n) is 9.18. The lowest BCUT2D eigenvalue weighted by Gasteiger charge is -2.54. The molecular weight excluding hydrogens is 592 g/mol. The normalized spacial score (nSPS) is 24.5. The van der Waals surface area contributed by atoms with E-state index in [2.05, 4.69) is 10.3 Å². The largest absolute Gasteiger partial charge is 0.473 e. The summed E-state index contributed by atoms with van der Waals surface area (Å²) in [5, 5.41) is 2.90. The zero-order valence-electron chi connectivity index (χ0n) is 24.9. The van der Waals surface area contributed by atoms with E-state index in [1.54, 1.807) is 31.3 Å². The number of alkyl halides is 3. The van der Waals surface area contributed by atoms with Crippen LogP contribution in [0, 0.1) is 12.8 Å². The number of rotatable bonds is 10. The summed E-state index contributed by atoms with van der Waals surface area (Å²) in [6, 6.07) is 18.6. The van der Waals surface area contributed by atoms with E-state index >= 15 is 0 Å². The van der Waals surface area contributed by atoms with Crippen LogP contribution in [0.5, 0.6) is 0 Å². The zero-order chi connectivity index (χ0) is 31.6. The van der Waals surface area contributed by atoms with Crippen molar-refractivity contribution in [1.29, 1.82) is 0 Å². The highest BCUT2D eigenvalue weighted by Gasteiger charge is 2.65. The number of phosphoric acid groups is 1. The number of hydrogen-bond acceptors (Lipinski definition) is 5. The molecule has 2 N–H and O–H groups in total. The maximum atomic E-state index is 14.8. The Kier molecular flexibility index (Phi) is 9.38. The van der Waals surface area contributed by atoms with Gasteiger partial charge in [-0.1, -0.05) is 49.7 Å². The number of anilines is 1. The van der Waals surface area contributed by atoms with Crippen molar-refractivity contribution in [2.75, 3.05) is 11.9 Å². The van der Waals surface area contributed by atoms with Gasteiger partial charge in [-0.05, 0) is 98.7 Å². The number of aromatic nitrogens is 1. The minimum Gasteiger partial charge on any atom is -0.320 e. The second-order valence-electron chi connectivity index (χ2n) is 12.0. The summed E-state index contributed by atoms with van der Waals surface area (Å²) in [5.74, 6) is -0.794. The molecule has 0 aliphatic heterocycles. The van der Waals surface area contributed by atoms with E-state index < -0.39 is 43.8 Å². The Balaban J connectivity index is 1.49. The second kappa shape index (κ2) is 12.8. The van der Waals surface area contributed by atoms with E-state index in [0.717, 1.165) is 16.7 Å². The SMILES string of the molecule is CCCCOP(=O)(O)O[C@]1(C(F)(F)F)CC[C@@]2(Cc3ccccc3)c3ccc(C(=O)Nc4cccnc4C)cc3CC[C@@H]2C1. The highest BCUT2D eigenvalue weighted by Crippen LogP contribution is 2.62. The van der Waals surface area contributed by atoms with Gasteiger partial charge in [0.05, 0.1) is 18.0 Å². The Bertz CT molecular complexity index is 1540. The van der Waals surface area contributed by atoms with Gasteiger partial charge in [0.25, 0.3) is 5.91 Å². The number of nitrogens with one attached hydrogen (secondary N) is 1. The van der Waals surface area contributed by atoms with Crippen molar-refractivity contribution in [1.82, 2.24) is 4.98 Å². The maximum Gasteiger partial charge on any atom is 0.473 e. The van der Waals surface area contributed by atoms with Crippen LogP contribution in [0.2, 0.25) is 0 Å². The first-order valence-electron chi connectivity index (χ1n) is 15.0. The first-order chi connectivity index (χ1) is 20.9. The molecule has 1 amide bonds. The second-order valence-corrected chi connectivity index (χ2v) is 13.3. The van der Waals surface area contributed by atoms with Gasteiger partial charge in [-0.15, -0.1) is 0 Å². The summed E-state index contributed by atoms with van der Waals surface area (Å²) in [7, 11) is -4.97. The average Bonchev–Trinajstić information content (AvgIpc) is 2.98. The van der Waals surface area contributed by atoms with Crippen molar-refractivity contribution >= 4 is 19.4 Å². The lowest BCUT2D eigenvalue weighted by molar-refractivity contribution is -0.273. The number of amides is 1. The van der Waals surface area contributed by atoms with Crippen LogP contribution >= 0.6 is 7.82 Å². The van der Waals surface area contributed by atoms with E-state index in [9.17, 15) is 27.4 Å². The summed E-state index contributed by atoms with van der Waals surface area (Å²) >= 11 is 0. The molecule has 2 aliphatic carbocycles. The molecule has 1 fully saturated rings. The number of phosphoric ester groups is 1. The van der Waals surface area contributed by atoms with Gasteiger partial charge in [0, 0.05) is 17.2 Å². The molecule has 236 valence electrons. The highest BCUT2D eigenvalue weighted by atomic mass is 31.2. The lowest BCUT2D eigenvalue weighted by Crippen LogP contribution is -2.57. The molecule has 2 aromatic carbocycles. The fourth-order valence-electron chi connectivity index (χ4n) is 6.88. The Morgan fingerprint density at radius 3 is 2.61 bits per heavy atom. The Morgan fingerprint density at radius 2 is 1.91 bits per heavy atom. The minimum atomic E-state index is -4.97. The van der Waals surface area contributed by atoms with Gasteiger partial charge in [-0.2, -0.15) is 13.2 Å². The number of carbonyl (C=O) groups excluding carboxylic acids is 1. The van der Waals surface area contributed by atoms with E-state index in [1.165, 1.54) is 0 Å². The molecule has 0 saturated heterocycles. The molecule has 1 unspecified atom stereocenters. The molecule has 44 heavy (non-hydrogen) atoms. The van der Waals surface area contributed by atoms with Crippen LogP contribution in [0.3, 0.4) is 0 Å². The van der Waals surface area contributed by atoms with Crippen LogP contribution in [-0.4, -0.2) is 34.2 Å². The molecule has 3 aromatic rings. The predicted molar refractivity (Wildman–Crippen MR) is 161 cm³/mol. The van der Waals surface area contributed by atoms with Gasteiger partial charge in [0.2, 0.25) is 0 Å². The summed E-state index contributed by atoms with van der Waals surface area (Å²) in [6.07, 6.45) is -1.69. The number of unbranched alkanes of at least 4 members (excludes halogenated alkanes) is 1. The van der Waals surface area contributed by atoms with Crippen LogP contribution in [0.15, 0.2) is 66.9 Å². The number of nitrogens with zero attached hydrogens (tertiary/aromatic N) is 1. The number of aryl methyl sites for hydroxylation is 2. The zero-order valence-corrected chi connectivity index (χ0v) is 25.8. The summed E-state index contributed by atoms with van der Waals surface area (Å²) in [5.41, 5.74) is 1.05. The van der Waals surface area contributed by atoms with E-state index in [0.29, 0.717) is 49.0 Å². The van der Waals surface area contributed by atoms with Crippen LogP contribution in [0.25, 0.3) is 0 Å². The molecule has 0 spiro atoms. The third-order valence-corrected chi connectivity index (χ3v) is 10.3. The monoisotopic (exact) mass is 630 g/mol. The molecule has 11 heteroatoms. The van der Waals surface area contributed by atoms with Gasteiger partial charge < -0.3 is 10.2 Å². The van der Waals surface area contributed by atoms with Crippen molar-refractivity contribution in [2.24, 2.45) is 5.92 Å². The molecule has 0 bridgehead atoms. The van der Waals surface area contributed by atoms with Crippen LogP contribution in [-0.2, 0) is 31.9 Å². The molecular formula is C33H38F3N2O5P. The maximum absolute atomic E-state index is 14.8. The summed E-state index contributed by atoms with van der Waals surface area (Å²) in [4.78, 5) is 27.7. The molecule has 2 aliphatic rings. The van der Waals surface area contributed by atoms with E-state index in [1.807, 2.05) is 49.4 Å². The topological polar surface area (TPSA) is 97.8 Å². The van der Waals surface area contributed by atoms with Gasteiger partial charge in [-0.25, -0.2) is 4.57 Å². The molecule has 4 atom stereocenters. The van der Waals surface area contributed by atoms with Crippen molar-refractivity contribution in [3.63, 3.8) is 0 Å². The third kappa shape index (κ3) is 6.64. The molecule has 5 rings (SSSR count). The van der Waals surface area contributed by atoms with Crippen LogP contribution in [0.4, 0.5) is 18.9 Å². The number of pyridine rings is 1. The molecule has 1 saturated carbocycles. The average molecular weight is 631 g/mol. The lowest BCUT2D eigenvalue weighted by atomic mass is 9.52. The van der Waals surface area contributed by atoms with Gasteiger partial charge in [0.1, 0.15) is 0 Å². The standard InChI is InChI=1S/C33H38F3N2O5P/c1-3-4-19-42-44(40,41)43-32(33(34,35)36)17-16-31(21-24-9-6-5-7-10-24)27(22-32)14-12-25-20-26(13-15-28(25)31)30(39)38-29-11-8-18-37-23(29)2/h5-11,13,15,18,20,27H,3-4,12,14,16-17,19,21-22H2,1-2H3,(H,38,39)(H,40,41)/t27-,31+,32-/m1/s1. The Hall–Kier alpha value is -3.04. The molecule has 1 heterocycles. The van der Waals surface area contributed by atoms with Gasteiger partial charge in [0.15, 0.2) is 5.60 Å². The number of fused-ring (bicyclic) bond motifs is 3. The Morgan fingerprint density at radius 1 is 1.14 bits per heavy atom. The first-order valence-corrected chi connectivity index (χ1v) is 16.5. The van der Waals surface area contributed by atoms with Gasteiger partial charge >= 0.3 is 14.0 Å². The number of hydrogen-bond donors (Lipinski definition) is 2. The quantitative estimate of drug-likeness (QED) is 0.174. The van der Waals surface area contributed by atoms with Crippen molar-refractivity contribution in [2.45, 2.75) is 82.4 Å². The number of benzene rings is 2. The summed E-state index contributed by atoms with van der Waals surface area (Å²) < 4.78 is 67.3. The van der Waals surface area contributed by atoms with Crippen molar-refractivity contribution in [3.05, 3.63) is 94.8 Å². The Labute approximate surface area is 255 Å². The first kappa shape index (κ1) is 32.4. The molecule has 7 nitrogen and oxygen atoms in total.